The SMILES string of the molecule is CCN(CC)CC.Nc1nc2c(ncn2[C@@H]2O[C@@H]3CNS(=O)(=O)O[C@H]4C[C@H](n5cnc6c(N)ncnc65)O[C@@H]4CO[P@@](=O)(S)O[C@@H]2C3)c(=O)[nH]1. The van der Waals surface area contributed by atoms with E-state index in [1.165, 1.54) is 43.2 Å². The molecule has 50 heavy (non-hydrogen) atoms. The van der Waals surface area contributed by atoms with Gasteiger partial charge in [0.05, 0.1) is 25.4 Å². The number of fused-ring (bicyclic) bond motifs is 5. The van der Waals surface area contributed by atoms with E-state index in [4.69, 9.17) is 34.2 Å². The number of nitrogens with two attached hydrogens (primary N) is 2. The summed E-state index contributed by atoms with van der Waals surface area (Å²) in [5.74, 6) is -0.000681. The van der Waals surface area contributed by atoms with E-state index >= 15 is 0 Å². The Morgan fingerprint density at radius 1 is 0.980 bits per heavy atom. The summed E-state index contributed by atoms with van der Waals surface area (Å²) in [5.41, 5.74) is 11.8. The number of imidazole rings is 2. The molecule has 6 N–H and O–H groups in total. The zero-order valence-electron chi connectivity index (χ0n) is 27.4. The molecule has 274 valence electrons. The van der Waals surface area contributed by atoms with Crippen LogP contribution < -0.4 is 21.7 Å². The second-order valence-electron chi connectivity index (χ2n) is 11.6. The maximum absolute atomic E-state index is 13.4. The zero-order chi connectivity index (χ0) is 35.8. The first kappa shape index (κ1) is 36.5. The van der Waals surface area contributed by atoms with Crippen LogP contribution in [0.1, 0.15) is 46.1 Å². The van der Waals surface area contributed by atoms with Gasteiger partial charge in [0.15, 0.2) is 28.9 Å². The lowest BCUT2D eigenvalue weighted by Gasteiger charge is -2.25. The molecule has 0 radical (unpaired) electrons. The van der Waals surface area contributed by atoms with Crippen molar-refractivity contribution in [2.45, 2.75) is 70.5 Å². The first-order chi connectivity index (χ1) is 23.8. The molecule has 3 saturated heterocycles. The molecule has 3 aliphatic rings. The summed E-state index contributed by atoms with van der Waals surface area (Å²) in [5, 5.41) is 0. The van der Waals surface area contributed by atoms with Gasteiger partial charge in [-0.05, 0) is 19.6 Å². The molecular formula is C26H39N12O9PS2. The van der Waals surface area contributed by atoms with E-state index in [1.54, 1.807) is 4.57 Å². The van der Waals surface area contributed by atoms with Gasteiger partial charge in [0.1, 0.15) is 36.4 Å². The maximum atomic E-state index is 13.4. The Labute approximate surface area is 291 Å². The Hall–Kier alpha value is -3.25. The van der Waals surface area contributed by atoms with E-state index < -0.39 is 66.1 Å². The second kappa shape index (κ2) is 14.8. The van der Waals surface area contributed by atoms with E-state index in [2.05, 4.69) is 72.5 Å². The summed E-state index contributed by atoms with van der Waals surface area (Å²) in [6.45, 7) is 5.36. The highest BCUT2D eigenvalue weighted by molar-refractivity contribution is 8.44. The topological polar surface area (TPSA) is 272 Å². The predicted molar refractivity (Wildman–Crippen MR) is 182 cm³/mol. The van der Waals surface area contributed by atoms with Gasteiger partial charge in [-0.1, -0.05) is 33.0 Å². The maximum Gasteiger partial charge on any atom is 0.386 e. The summed E-state index contributed by atoms with van der Waals surface area (Å²) >= 11 is 4.15. The van der Waals surface area contributed by atoms with Crippen LogP contribution in [0.25, 0.3) is 22.3 Å². The molecule has 0 aromatic carbocycles. The minimum atomic E-state index is -4.35. The summed E-state index contributed by atoms with van der Waals surface area (Å²) in [6.07, 6.45) is -1.63. The normalized spacial score (nSPS) is 29.9. The first-order valence-electron chi connectivity index (χ1n) is 15.8. The van der Waals surface area contributed by atoms with Crippen molar-refractivity contribution in [3.63, 3.8) is 0 Å². The average Bonchev–Trinajstić information content (AvgIpc) is 3.85. The molecule has 0 aliphatic carbocycles. The van der Waals surface area contributed by atoms with Crippen LogP contribution in [0.5, 0.6) is 0 Å². The fourth-order valence-corrected chi connectivity index (χ4v) is 8.43. The molecule has 4 aromatic rings. The highest BCUT2D eigenvalue weighted by atomic mass is 32.7. The Morgan fingerprint density at radius 2 is 1.70 bits per heavy atom. The van der Waals surface area contributed by atoms with Gasteiger partial charge in [0, 0.05) is 19.4 Å². The van der Waals surface area contributed by atoms with Crippen molar-refractivity contribution in [3.05, 3.63) is 29.3 Å². The molecule has 24 heteroatoms. The van der Waals surface area contributed by atoms with Gasteiger partial charge >= 0.3 is 17.1 Å². The quantitative estimate of drug-likeness (QED) is 0.139. The average molecular weight is 759 g/mol. The molecular weight excluding hydrogens is 719 g/mol. The molecule has 3 aliphatic heterocycles. The molecule has 0 saturated carbocycles. The number of aromatic nitrogens is 8. The van der Waals surface area contributed by atoms with Gasteiger partial charge in [-0.3, -0.25) is 32.1 Å². The van der Waals surface area contributed by atoms with Crippen molar-refractivity contribution in [2.75, 3.05) is 44.3 Å². The summed E-state index contributed by atoms with van der Waals surface area (Å²) in [6, 6.07) is 0. The third kappa shape index (κ3) is 7.81. The Kier molecular flexibility index (Phi) is 10.8. The molecule has 0 spiro atoms. The minimum Gasteiger partial charge on any atom is -0.382 e. The summed E-state index contributed by atoms with van der Waals surface area (Å²) in [4.78, 5) is 37.5. The number of H-pyrrole nitrogens is 1. The lowest BCUT2D eigenvalue weighted by Crippen LogP contribution is -2.38. The number of nitrogens with zero attached hydrogens (tertiary/aromatic N) is 8. The number of anilines is 2. The van der Waals surface area contributed by atoms with E-state index in [9.17, 15) is 17.8 Å². The molecule has 7 heterocycles. The van der Waals surface area contributed by atoms with Gasteiger partial charge in [-0.15, -0.1) is 0 Å². The van der Waals surface area contributed by atoms with Crippen LogP contribution in [0.4, 0.5) is 11.8 Å². The van der Waals surface area contributed by atoms with Crippen molar-refractivity contribution >= 4 is 63.4 Å². The van der Waals surface area contributed by atoms with Crippen LogP contribution in [0.2, 0.25) is 0 Å². The van der Waals surface area contributed by atoms with Crippen LogP contribution in [-0.4, -0.2) is 110 Å². The number of hydrogen-bond acceptors (Lipinski definition) is 17. The minimum absolute atomic E-state index is 0.0207. The van der Waals surface area contributed by atoms with Crippen molar-refractivity contribution in [3.8, 4) is 0 Å². The number of nitrogen functional groups attached to an aromatic ring is 2. The van der Waals surface area contributed by atoms with Gasteiger partial charge in [-0.2, -0.15) is 18.1 Å². The van der Waals surface area contributed by atoms with Crippen LogP contribution in [0.15, 0.2) is 23.8 Å². The van der Waals surface area contributed by atoms with Crippen LogP contribution in [-0.2, 0) is 37.6 Å². The van der Waals surface area contributed by atoms with Gasteiger partial charge in [0.25, 0.3) is 5.56 Å². The standard InChI is InChI=1S/C20H24N11O9PS2.C6H15N/c21-15-13-16(24-5-23-15)30(6-25-13)12-2-9-11(38-12)4-36-41(33,42)39-10-1-8(3-27-43(34,35)40-9)37-19(10)31-7-26-14-17(31)28-20(22)29-18(14)32;1-4-7(5-2)6-3/h5-12,19,27H,1-4H2,(H,33,42)(H2,21,23,24)(H3,22,28,29,32);4-6H2,1-3H3/t8-,9-,10+,11+,12+,19+,41+;/m0./s1. The fraction of sp³-hybridized carbons (Fsp3) is 0.615. The lowest BCUT2D eigenvalue weighted by molar-refractivity contribution is -0.0450. The van der Waals surface area contributed by atoms with Crippen molar-refractivity contribution in [2.24, 2.45) is 0 Å². The third-order valence-electron chi connectivity index (χ3n) is 8.50. The number of nitrogens with one attached hydrogen (secondary N) is 2. The highest BCUT2D eigenvalue weighted by Gasteiger charge is 2.46. The molecule has 3 fully saturated rings. The van der Waals surface area contributed by atoms with Crippen LogP contribution in [0.3, 0.4) is 0 Å². The third-order valence-corrected chi connectivity index (χ3v) is 11.2. The van der Waals surface area contributed by atoms with E-state index in [0.29, 0.717) is 11.2 Å². The molecule has 0 unspecified atom stereocenters. The van der Waals surface area contributed by atoms with E-state index in [-0.39, 0.29) is 42.3 Å². The number of aromatic amines is 1. The molecule has 2 bridgehead atoms. The Bertz CT molecular complexity index is 2040. The number of hydrogen-bond donors (Lipinski definition) is 5. The van der Waals surface area contributed by atoms with Gasteiger partial charge in [0.2, 0.25) is 5.95 Å². The Balaban J connectivity index is 0.000000561. The van der Waals surface area contributed by atoms with Crippen molar-refractivity contribution in [1.29, 1.82) is 0 Å². The summed E-state index contributed by atoms with van der Waals surface area (Å²) in [7, 11) is -4.35. The van der Waals surface area contributed by atoms with Crippen molar-refractivity contribution in [1.82, 2.24) is 48.7 Å². The molecule has 4 aromatic heterocycles. The molecule has 7 rings (SSSR count). The molecule has 0 amide bonds. The van der Waals surface area contributed by atoms with E-state index in [0.717, 1.165) is 0 Å². The zero-order valence-corrected chi connectivity index (χ0v) is 30.0. The Morgan fingerprint density at radius 3 is 2.42 bits per heavy atom. The second-order valence-corrected chi connectivity index (χ2v) is 15.8. The fourth-order valence-electron chi connectivity index (χ4n) is 5.95. The number of thiol groups is 1. The number of rotatable bonds is 5. The lowest BCUT2D eigenvalue weighted by atomic mass is 10.2. The van der Waals surface area contributed by atoms with Crippen LogP contribution >= 0.6 is 19.0 Å². The van der Waals surface area contributed by atoms with Gasteiger partial charge < -0.3 is 25.8 Å². The smallest absolute Gasteiger partial charge is 0.382 e. The molecule has 21 nitrogen and oxygen atoms in total. The monoisotopic (exact) mass is 758 g/mol. The molecule has 7 atom stereocenters. The predicted octanol–water partition coefficient (Wildman–Crippen LogP) is 0.720. The van der Waals surface area contributed by atoms with Crippen molar-refractivity contribution < 1.29 is 35.7 Å². The summed E-state index contributed by atoms with van der Waals surface area (Å²) < 4.78 is 73.8. The first-order valence-corrected chi connectivity index (χ1v) is 19.9. The van der Waals surface area contributed by atoms with Crippen LogP contribution in [0, 0.1) is 0 Å². The number of ether oxygens (including phenoxy) is 2. The van der Waals surface area contributed by atoms with E-state index in [1.807, 2.05) is 0 Å². The largest absolute Gasteiger partial charge is 0.386 e. The van der Waals surface area contributed by atoms with Gasteiger partial charge in [-0.25, -0.2) is 24.5 Å². The highest BCUT2D eigenvalue weighted by Crippen LogP contribution is 2.57.